The summed E-state index contributed by atoms with van der Waals surface area (Å²) in [7, 11) is -4.10. The van der Waals surface area contributed by atoms with E-state index in [4.69, 9.17) is 9.47 Å². The predicted octanol–water partition coefficient (Wildman–Crippen LogP) is 3.06. The molecule has 2 aromatic carbocycles. The van der Waals surface area contributed by atoms with Crippen molar-refractivity contribution in [1.82, 2.24) is 9.21 Å². The topological polar surface area (TPSA) is 76.2 Å². The molecule has 1 amide bonds. The van der Waals surface area contributed by atoms with Gasteiger partial charge >= 0.3 is 0 Å². The molecule has 1 heterocycles. The highest BCUT2D eigenvalue weighted by molar-refractivity contribution is 7.89. The summed E-state index contributed by atoms with van der Waals surface area (Å²) < 4.78 is 64.6. The Hall–Kier alpha value is -2.72. The Balaban J connectivity index is 1.46. The smallest absolute Gasteiger partial charge is 0.246 e. The second-order valence-electron chi connectivity index (χ2n) is 7.19. The van der Waals surface area contributed by atoms with E-state index in [2.05, 4.69) is 0 Å². The molecule has 32 heavy (non-hydrogen) atoms. The molecule has 1 aliphatic heterocycles. The van der Waals surface area contributed by atoms with Gasteiger partial charge in [0.05, 0.1) is 13.2 Å². The summed E-state index contributed by atoms with van der Waals surface area (Å²) in [4.78, 5) is 13.5. The number of carbonyl (C=O) groups excluding carboxylic acids is 1. The van der Waals surface area contributed by atoms with Gasteiger partial charge in [-0.05, 0) is 37.6 Å². The van der Waals surface area contributed by atoms with Crippen LogP contribution in [0, 0.1) is 11.6 Å². The standard InChI is InChI=1S/C22H26F2N2O5S/c1-2-30-19-6-3-4-7-20(19)31-15-5-8-22(27)25-11-13-26(14-12-25)32(28,29)21-10-9-17(23)16-18(21)24/h3-4,6-7,9-10,16H,2,5,8,11-15H2,1H3. The lowest BCUT2D eigenvalue weighted by Crippen LogP contribution is -2.50. The molecule has 0 atom stereocenters. The Labute approximate surface area is 186 Å². The minimum Gasteiger partial charge on any atom is -0.490 e. The summed E-state index contributed by atoms with van der Waals surface area (Å²) >= 11 is 0. The number of para-hydroxylation sites is 2. The zero-order valence-electron chi connectivity index (χ0n) is 17.8. The third-order valence-corrected chi connectivity index (χ3v) is 6.98. The number of ether oxygens (including phenoxy) is 2. The van der Waals surface area contributed by atoms with Crippen molar-refractivity contribution < 1.29 is 31.5 Å². The van der Waals surface area contributed by atoms with E-state index in [9.17, 15) is 22.0 Å². The van der Waals surface area contributed by atoms with Gasteiger partial charge < -0.3 is 14.4 Å². The average Bonchev–Trinajstić information content (AvgIpc) is 2.77. The van der Waals surface area contributed by atoms with Crippen LogP contribution >= 0.6 is 0 Å². The van der Waals surface area contributed by atoms with Gasteiger partial charge in [0.1, 0.15) is 16.5 Å². The molecule has 0 saturated carbocycles. The number of hydrogen-bond donors (Lipinski definition) is 0. The van der Waals surface area contributed by atoms with Crippen LogP contribution in [0.4, 0.5) is 8.78 Å². The summed E-state index contributed by atoms with van der Waals surface area (Å²) in [6, 6.07) is 9.68. The molecule has 1 fully saturated rings. The lowest BCUT2D eigenvalue weighted by Gasteiger charge is -2.34. The van der Waals surface area contributed by atoms with E-state index in [-0.39, 0.29) is 38.5 Å². The summed E-state index contributed by atoms with van der Waals surface area (Å²) in [5.74, 6) is -0.807. The van der Waals surface area contributed by atoms with E-state index in [1.54, 1.807) is 11.0 Å². The average molecular weight is 469 g/mol. The largest absolute Gasteiger partial charge is 0.490 e. The van der Waals surface area contributed by atoms with Gasteiger partial charge in [0, 0.05) is 38.7 Å². The van der Waals surface area contributed by atoms with Crippen LogP contribution in [-0.4, -0.2) is 62.9 Å². The van der Waals surface area contributed by atoms with E-state index in [0.717, 1.165) is 16.4 Å². The maximum Gasteiger partial charge on any atom is 0.246 e. The molecule has 0 radical (unpaired) electrons. The van der Waals surface area contributed by atoms with Crippen molar-refractivity contribution in [3.8, 4) is 11.5 Å². The van der Waals surface area contributed by atoms with Crippen molar-refractivity contribution in [2.45, 2.75) is 24.7 Å². The normalized spacial score (nSPS) is 14.9. The molecule has 174 valence electrons. The molecule has 3 rings (SSSR count). The highest BCUT2D eigenvalue weighted by Gasteiger charge is 2.31. The van der Waals surface area contributed by atoms with E-state index < -0.39 is 26.6 Å². The van der Waals surface area contributed by atoms with Gasteiger partial charge in [-0.2, -0.15) is 4.31 Å². The Morgan fingerprint density at radius 2 is 1.66 bits per heavy atom. The van der Waals surface area contributed by atoms with Crippen molar-refractivity contribution in [1.29, 1.82) is 0 Å². The first-order valence-electron chi connectivity index (χ1n) is 10.4. The fourth-order valence-corrected chi connectivity index (χ4v) is 4.88. The third-order valence-electron chi connectivity index (χ3n) is 5.04. The molecular formula is C22H26F2N2O5S. The van der Waals surface area contributed by atoms with Crippen LogP contribution in [0.25, 0.3) is 0 Å². The van der Waals surface area contributed by atoms with Gasteiger partial charge in [-0.3, -0.25) is 4.79 Å². The number of benzene rings is 2. The molecule has 0 bridgehead atoms. The molecule has 10 heteroatoms. The van der Waals surface area contributed by atoms with Gasteiger partial charge in [0.15, 0.2) is 11.5 Å². The fraction of sp³-hybridized carbons (Fsp3) is 0.409. The van der Waals surface area contributed by atoms with Crippen molar-refractivity contribution in [2.75, 3.05) is 39.4 Å². The quantitative estimate of drug-likeness (QED) is 0.529. The minimum atomic E-state index is -4.10. The monoisotopic (exact) mass is 468 g/mol. The molecule has 1 aliphatic rings. The Morgan fingerprint density at radius 1 is 1.00 bits per heavy atom. The SMILES string of the molecule is CCOc1ccccc1OCCCC(=O)N1CCN(S(=O)(=O)c2ccc(F)cc2F)CC1. The zero-order valence-corrected chi connectivity index (χ0v) is 18.6. The summed E-state index contributed by atoms with van der Waals surface area (Å²) in [5, 5.41) is 0. The second-order valence-corrected chi connectivity index (χ2v) is 9.10. The fourth-order valence-electron chi connectivity index (χ4n) is 3.41. The third kappa shape index (κ3) is 5.74. The van der Waals surface area contributed by atoms with Crippen LogP contribution in [0.1, 0.15) is 19.8 Å². The Bertz CT molecular complexity index is 1040. The number of amides is 1. The first-order chi connectivity index (χ1) is 15.3. The van der Waals surface area contributed by atoms with Crippen molar-refractivity contribution in [2.24, 2.45) is 0 Å². The molecule has 0 unspecified atom stereocenters. The summed E-state index contributed by atoms with van der Waals surface area (Å²) in [5.41, 5.74) is 0. The molecule has 2 aromatic rings. The van der Waals surface area contributed by atoms with E-state index in [1.807, 2.05) is 25.1 Å². The van der Waals surface area contributed by atoms with Crippen LogP contribution in [0.2, 0.25) is 0 Å². The van der Waals surface area contributed by atoms with Crippen molar-refractivity contribution in [3.05, 3.63) is 54.1 Å². The highest BCUT2D eigenvalue weighted by atomic mass is 32.2. The Kier molecular flexibility index (Phi) is 8.03. The number of sulfonamides is 1. The van der Waals surface area contributed by atoms with Crippen LogP contribution in [0.5, 0.6) is 11.5 Å². The van der Waals surface area contributed by atoms with E-state index >= 15 is 0 Å². The summed E-state index contributed by atoms with van der Waals surface area (Å²) in [6.07, 6.45) is 0.759. The first-order valence-corrected chi connectivity index (χ1v) is 11.8. The lowest BCUT2D eigenvalue weighted by atomic mass is 10.2. The number of carbonyl (C=O) groups is 1. The van der Waals surface area contributed by atoms with Gasteiger partial charge in [0.25, 0.3) is 0 Å². The molecule has 0 aromatic heterocycles. The number of nitrogens with zero attached hydrogens (tertiary/aromatic N) is 2. The number of rotatable bonds is 9. The lowest BCUT2D eigenvalue weighted by molar-refractivity contribution is -0.132. The number of halogens is 2. The molecule has 1 saturated heterocycles. The Morgan fingerprint density at radius 3 is 2.28 bits per heavy atom. The van der Waals surface area contributed by atoms with Crippen LogP contribution < -0.4 is 9.47 Å². The molecule has 7 nitrogen and oxygen atoms in total. The van der Waals surface area contributed by atoms with Crippen molar-refractivity contribution >= 4 is 15.9 Å². The van der Waals surface area contributed by atoms with Gasteiger partial charge in [0.2, 0.25) is 15.9 Å². The number of piperazine rings is 1. The first kappa shape index (κ1) is 23.9. The zero-order chi connectivity index (χ0) is 23.1. The van der Waals surface area contributed by atoms with Gasteiger partial charge in [-0.25, -0.2) is 17.2 Å². The van der Waals surface area contributed by atoms with E-state index in [1.165, 1.54) is 0 Å². The summed E-state index contributed by atoms with van der Waals surface area (Å²) in [6.45, 7) is 3.25. The molecule has 0 aliphatic carbocycles. The number of hydrogen-bond acceptors (Lipinski definition) is 5. The molecule has 0 spiro atoms. The second kappa shape index (κ2) is 10.7. The van der Waals surface area contributed by atoms with Crippen molar-refractivity contribution in [3.63, 3.8) is 0 Å². The molecular weight excluding hydrogens is 442 g/mol. The minimum absolute atomic E-state index is 0.0448. The van der Waals surface area contributed by atoms with Gasteiger partial charge in [-0.15, -0.1) is 0 Å². The van der Waals surface area contributed by atoms with E-state index in [0.29, 0.717) is 37.2 Å². The maximum atomic E-state index is 13.9. The highest BCUT2D eigenvalue weighted by Crippen LogP contribution is 2.26. The maximum absolute atomic E-state index is 13.9. The van der Waals surface area contributed by atoms with Crippen LogP contribution in [-0.2, 0) is 14.8 Å². The van der Waals surface area contributed by atoms with Crippen LogP contribution in [0.3, 0.4) is 0 Å². The molecule has 0 N–H and O–H groups in total. The predicted molar refractivity (Wildman–Crippen MR) is 114 cm³/mol. The van der Waals surface area contributed by atoms with Crippen LogP contribution in [0.15, 0.2) is 47.4 Å². The van der Waals surface area contributed by atoms with Gasteiger partial charge in [-0.1, -0.05) is 12.1 Å².